The third kappa shape index (κ3) is 7.62. The van der Waals surface area contributed by atoms with Crippen molar-refractivity contribution in [3.63, 3.8) is 0 Å². The van der Waals surface area contributed by atoms with Crippen molar-refractivity contribution in [1.29, 1.82) is 0 Å². The second-order valence-corrected chi connectivity index (χ2v) is 1.70. The van der Waals surface area contributed by atoms with Crippen molar-refractivity contribution in [2.24, 2.45) is 0 Å². The van der Waals surface area contributed by atoms with Crippen molar-refractivity contribution in [3.8, 4) is 0 Å². The molecule has 0 spiro atoms. The zero-order valence-corrected chi connectivity index (χ0v) is 6.08. The van der Waals surface area contributed by atoms with E-state index in [2.05, 4.69) is 6.58 Å². The van der Waals surface area contributed by atoms with Gasteiger partial charge in [-0.15, -0.1) is 6.58 Å². The van der Waals surface area contributed by atoms with E-state index in [0.29, 0.717) is 0 Å². The molecule has 0 aromatic heterocycles. The fourth-order valence-electron chi connectivity index (χ4n) is 0.440. The van der Waals surface area contributed by atoms with Crippen LogP contribution in [0.3, 0.4) is 0 Å². The van der Waals surface area contributed by atoms with Crippen molar-refractivity contribution >= 4 is 0 Å². The van der Waals surface area contributed by atoms with Crippen LogP contribution in [0, 0.1) is 0 Å². The molecule has 0 saturated carbocycles. The van der Waals surface area contributed by atoms with Gasteiger partial charge in [0.1, 0.15) is 0 Å². The van der Waals surface area contributed by atoms with Crippen LogP contribution in [0.1, 0.15) is 0 Å². The average Bonchev–Trinajstić information content (AvgIpc) is 2.08. The standard InChI is InChI=1S/C4H8O2.C3H6O/c1-2-6-4-3-5-1;1-2-3-4/h1-4H2;2,4H,1,3H2. The van der Waals surface area contributed by atoms with E-state index in [-0.39, 0.29) is 6.61 Å². The summed E-state index contributed by atoms with van der Waals surface area (Å²) in [6.07, 6.45) is 1.43. The van der Waals surface area contributed by atoms with Crippen LogP contribution >= 0.6 is 0 Å². The monoisotopic (exact) mass is 146 g/mol. The summed E-state index contributed by atoms with van der Waals surface area (Å²) in [5, 5.41) is 7.76. The van der Waals surface area contributed by atoms with Crippen LogP contribution in [-0.2, 0) is 9.47 Å². The molecule has 60 valence electrons. The van der Waals surface area contributed by atoms with Crippen molar-refractivity contribution in [2.45, 2.75) is 0 Å². The molecule has 0 atom stereocenters. The highest BCUT2D eigenvalue weighted by atomic mass is 16.6. The summed E-state index contributed by atoms with van der Waals surface area (Å²) in [6.45, 7) is 6.42. The molecule has 0 radical (unpaired) electrons. The lowest BCUT2D eigenvalue weighted by molar-refractivity contribution is -0.0334. The van der Waals surface area contributed by atoms with Gasteiger partial charge in [-0.2, -0.15) is 0 Å². The highest BCUT2D eigenvalue weighted by molar-refractivity contribution is 4.60. The number of hydrogen-bond donors (Lipinski definition) is 1. The molecular weight excluding hydrogens is 132 g/mol. The zero-order valence-electron chi connectivity index (χ0n) is 6.08. The molecule has 0 unspecified atom stereocenters. The predicted molar refractivity (Wildman–Crippen MR) is 38.9 cm³/mol. The van der Waals surface area contributed by atoms with Gasteiger partial charge in [0.15, 0.2) is 0 Å². The minimum absolute atomic E-state index is 0.0833. The second kappa shape index (κ2) is 8.62. The van der Waals surface area contributed by atoms with E-state index >= 15 is 0 Å². The highest BCUT2D eigenvalue weighted by Crippen LogP contribution is 1.85. The van der Waals surface area contributed by atoms with Gasteiger partial charge in [0.25, 0.3) is 0 Å². The molecule has 0 aromatic carbocycles. The summed E-state index contributed by atoms with van der Waals surface area (Å²) in [5.41, 5.74) is 0. The molecule has 1 N–H and O–H groups in total. The average molecular weight is 146 g/mol. The quantitative estimate of drug-likeness (QED) is 0.537. The number of aliphatic hydroxyl groups is 1. The Balaban J connectivity index is 0.000000180. The fourth-order valence-corrected chi connectivity index (χ4v) is 0.440. The maximum absolute atomic E-state index is 7.76. The molecule has 1 aliphatic rings. The molecule has 10 heavy (non-hydrogen) atoms. The third-order valence-corrected chi connectivity index (χ3v) is 0.873. The van der Waals surface area contributed by atoms with Crippen molar-refractivity contribution < 1.29 is 14.6 Å². The van der Waals surface area contributed by atoms with Gasteiger partial charge in [-0.05, 0) is 0 Å². The van der Waals surface area contributed by atoms with Gasteiger partial charge < -0.3 is 14.6 Å². The minimum Gasteiger partial charge on any atom is -0.392 e. The number of rotatable bonds is 1. The Kier molecular flexibility index (Phi) is 8.29. The fraction of sp³-hybridized carbons (Fsp3) is 0.714. The van der Waals surface area contributed by atoms with Crippen molar-refractivity contribution in [1.82, 2.24) is 0 Å². The molecule has 1 fully saturated rings. The van der Waals surface area contributed by atoms with Crippen molar-refractivity contribution in [3.05, 3.63) is 12.7 Å². The van der Waals surface area contributed by atoms with Crippen LogP contribution in [0.5, 0.6) is 0 Å². The van der Waals surface area contributed by atoms with E-state index in [1.807, 2.05) is 0 Å². The summed E-state index contributed by atoms with van der Waals surface area (Å²) in [7, 11) is 0. The number of aliphatic hydroxyl groups excluding tert-OH is 1. The second-order valence-electron chi connectivity index (χ2n) is 1.70. The third-order valence-electron chi connectivity index (χ3n) is 0.873. The Bertz CT molecular complexity index is 57.7. The van der Waals surface area contributed by atoms with Gasteiger partial charge in [0.05, 0.1) is 33.0 Å². The van der Waals surface area contributed by atoms with Crippen LogP contribution in [-0.4, -0.2) is 38.1 Å². The molecule has 0 aliphatic carbocycles. The minimum atomic E-state index is 0.0833. The van der Waals surface area contributed by atoms with Crippen LogP contribution in [0.4, 0.5) is 0 Å². The Hall–Kier alpha value is -0.380. The molecule has 3 heteroatoms. The van der Waals surface area contributed by atoms with Gasteiger partial charge in [-0.3, -0.25) is 0 Å². The molecule has 0 amide bonds. The Labute approximate surface area is 61.3 Å². The largest absolute Gasteiger partial charge is 0.392 e. The SMILES string of the molecule is C1COCCO1.C=CCO. The number of hydrogen-bond acceptors (Lipinski definition) is 3. The predicted octanol–water partition coefficient (Wildman–Crippen LogP) is 0.198. The maximum Gasteiger partial charge on any atom is 0.0701 e. The van der Waals surface area contributed by atoms with E-state index in [9.17, 15) is 0 Å². The smallest absolute Gasteiger partial charge is 0.0701 e. The van der Waals surface area contributed by atoms with Gasteiger partial charge in [0.2, 0.25) is 0 Å². The zero-order chi connectivity index (χ0) is 7.66. The first-order valence-corrected chi connectivity index (χ1v) is 3.29. The lowest BCUT2D eigenvalue weighted by atomic mass is 10.6. The van der Waals surface area contributed by atoms with Gasteiger partial charge in [0, 0.05) is 0 Å². The maximum atomic E-state index is 7.76. The van der Waals surface area contributed by atoms with Crippen LogP contribution in [0.15, 0.2) is 12.7 Å². The summed E-state index contributed by atoms with van der Waals surface area (Å²) in [6, 6.07) is 0. The van der Waals surface area contributed by atoms with E-state index in [4.69, 9.17) is 14.6 Å². The summed E-state index contributed by atoms with van der Waals surface area (Å²) in [5.74, 6) is 0. The lowest BCUT2D eigenvalue weighted by Crippen LogP contribution is -2.16. The number of ether oxygens (including phenoxy) is 2. The van der Waals surface area contributed by atoms with Crippen LogP contribution in [0.25, 0.3) is 0 Å². The van der Waals surface area contributed by atoms with Crippen LogP contribution in [0.2, 0.25) is 0 Å². The first-order valence-electron chi connectivity index (χ1n) is 3.29. The topological polar surface area (TPSA) is 38.7 Å². The first kappa shape index (κ1) is 9.62. The summed E-state index contributed by atoms with van der Waals surface area (Å²) < 4.78 is 9.89. The molecule has 1 saturated heterocycles. The lowest BCUT2D eigenvalue weighted by Gasteiger charge is -2.09. The molecular formula is C7H14O3. The van der Waals surface area contributed by atoms with E-state index in [1.165, 1.54) is 6.08 Å². The van der Waals surface area contributed by atoms with Crippen molar-refractivity contribution in [2.75, 3.05) is 33.0 Å². The molecule has 1 heterocycles. The van der Waals surface area contributed by atoms with Gasteiger partial charge in [-0.1, -0.05) is 6.08 Å². The van der Waals surface area contributed by atoms with E-state index in [1.54, 1.807) is 0 Å². The summed E-state index contributed by atoms with van der Waals surface area (Å²) >= 11 is 0. The molecule has 0 bridgehead atoms. The van der Waals surface area contributed by atoms with E-state index in [0.717, 1.165) is 26.4 Å². The summed E-state index contributed by atoms with van der Waals surface area (Å²) in [4.78, 5) is 0. The Morgan fingerprint density at radius 1 is 1.20 bits per heavy atom. The van der Waals surface area contributed by atoms with Gasteiger partial charge >= 0.3 is 0 Å². The first-order chi connectivity index (χ1) is 4.91. The normalized spacial score (nSPS) is 16.9. The van der Waals surface area contributed by atoms with E-state index < -0.39 is 0 Å². The Morgan fingerprint density at radius 3 is 1.60 bits per heavy atom. The van der Waals surface area contributed by atoms with Crippen LogP contribution < -0.4 is 0 Å². The van der Waals surface area contributed by atoms with Gasteiger partial charge in [-0.25, -0.2) is 0 Å². The molecule has 1 rings (SSSR count). The molecule has 3 nitrogen and oxygen atoms in total. The highest BCUT2D eigenvalue weighted by Gasteiger charge is 1.94. The molecule has 0 aromatic rings. The molecule has 1 aliphatic heterocycles. The Morgan fingerprint density at radius 2 is 1.50 bits per heavy atom.